The maximum atomic E-state index is 11.7. The molecule has 0 bridgehead atoms. The molecule has 8 heteroatoms. The van der Waals surface area contributed by atoms with Gasteiger partial charge in [-0.15, -0.1) is 0 Å². The van der Waals surface area contributed by atoms with E-state index in [0.717, 1.165) is 0 Å². The summed E-state index contributed by atoms with van der Waals surface area (Å²) >= 11 is 5.11. The lowest BCUT2D eigenvalue weighted by molar-refractivity contribution is -0.118. The zero-order valence-electron chi connectivity index (χ0n) is 11.5. The molecule has 2 aromatic rings. The standard InChI is InChI=1S/C14H13N3O4S/c15-12(18)7-17-9(6-13(19)16-14(17)22)8-1-2-10-11(5-8)21-4-3-20-10/h1-2,5-6H,3-4,7H2,(H2,15,18)(H,16,19,22). The molecule has 0 saturated heterocycles. The van der Waals surface area contributed by atoms with E-state index in [0.29, 0.717) is 36.0 Å². The first-order chi connectivity index (χ1) is 10.5. The summed E-state index contributed by atoms with van der Waals surface area (Å²) in [6.07, 6.45) is 0. The average molecular weight is 319 g/mol. The van der Waals surface area contributed by atoms with Crippen molar-refractivity contribution in [2.45, 2.75) is 6.54 Å². The van der Waals surface area contributed by atoms with Crippen LogP contribution in [-0.4, -0.2) is 28.7 Å². The lowest BCUT2D eigenvalue weighted by Crippen LogP contribution is -2.23. The zero-order chi connectivity index (χ0) is 15.7. The molecule has 3 N–H and O–H groups in total. The quantitative estimate of drug-likeness (QED) is 0.816. The Balaban J connectivity index is 2.16. The molecule has 114 valence electrons. The minimum absolute atomic E-state index is 0.126. The number of aromatic nitrogens is 2. The molecular formula is C14H13N3O4S. The number of hydrogen-bond donors (Lipinski definition) is 2. The molecule has 1 aliphatic heterocycles. The third-order valence-electron chi connectivity index (χ3n) is 3.19. The van der Waals surface area contributed by atoms with Crippen molar-refractivity contribution < 1.29 is 14.3 Å². The van der Waals surface area contributed by atoms with Crippen molar-refractivity contribution in [1.29, 1.82) is 0 Å². The van der Waals surface area contributed by atoms with Crippen LogP contribution in [0.5, 0.6) is 11.5 Å². The summed E-state index contributed by atoms with van der Waals surface area (Å²) in [7, 11) is 0. The predicted octanol–water partition coefficient (Wildman–Crippen LogP) is 0.829. The minimum Gasteiger partial charge on any atom is -0.486 e. The van der Waals surface area contributed by atoms with E-state index in [1.807, 2.05) is 0 Å². The van der Waals surface area contributed by atoms with Gasteiger partial charge in [-0.3, -0.25) is 14.6 Å². The van der Waals surface area contributed by atoms with Gasteiger partial charge in [-0.1, -0.05) is 0 Å². The van der Waals surface area contributed by atoms with Crippen LogP contribution in [0.2, 0.25) is 0 Å². The van der Waals surface area contributed by atoms with Gasteiger partial charge in [0.05, 0.1) is 5.69 Å². The SMILES string of the molecule is NC(=O)Cn1c(-c2ccc3c(c2)OCCO3)cc(=O)[nH]c1=S. The van der Waals surface area contributed by atoms with Gasteiger partial charge in [-0.25, -0.2) is 0 Å². The molecule has 0 radical (unpaired) electrons. The molecule has 1 aliphatic rings. The second-order valence-electron chi connectivity index (χ2n) is 4.73. The van der Waals surface area contributed by atoms with Crippen LogP contribution >= 0.6 is 12.2 Å². The number of aromatic amines is 1. The first kappa shape index (κ1) is 14.3. The Labute approximate surface area is 130 Å². The van der Waals surface area contributed by atoms with E-state index in [4.69, 9.17) is 27.4 Å². The first-order valence-electron chi connectivity index (χ1n) is 6.57. The Hall–Kier alpha value is -2.61. The lowest BCUT2D eigenvalue weighted by Gasteiger charge is -2.19. The van der Waals surface area contributed by atoms with E-state index in [2.05, 4.69) is 4.98 Å². The van der Waals surface area contributed by atoms with E-state index in [-0.39, 0.29) is 16.9 Å². The number of nitrogens with one attached hydrogen (secondary N) is 1. The Morgan fingerprint density at radius 2 is 2.00 bits per heavy atom. The maximum absolute atomic E-state index is 11.7. The molecule has 1 aromatic carbocycles. The van der Waals surface area contributed by atoms with Gasteiger partial charge in [-0.2, -0.15) is 0 Å². The van der Waals surface area contributed by atoms with Crippen LogP contribution in [0.3, 0.4) is 0 Å². The van der Waals surface area contributed by atoms with Gasteiger partial charge in [0.1, 0.15) is 19.8 Å². The molecule has 0 unspecified atom stereocenters. The van der Waals surface area contributed by atoms with Crippen LogP contribution < -0.4 is 20.8 Å². The van der Waals surface area contributed by atoms with E-state index >= 15 is 0 Å². The molecule has 22 heavy (non-hydrogen) atoms. The van der Waals surface area contributed by atoms with Gasteiger partial charge in [-0.05, 0) is 30.4 Å². The van der Waals surface area contributed by atoms with Crippen molar-refractivity contribution in [2.24, 2.45) is 5.73 Å². The van der Waals surface area contributed by atoms with Crippen molar-refractivity contribution in [3.8, 4) is 22.8 Å². The molecular weight excluding hydrogens is 306 g/mol. The summed E-state index contributed by atoms with van der Waals surface area (Å²) in [6, 6.07) is 6.64. The normalized spacial score (nSPS) is 12.9. The van der Waals surface area contributed by atoms with E-state index < -0.39 is 5.91 Å². The molecule has 0 aliphatic carbocycles. The van der Waals surface area contributed by atoms with Crippen LogP contribution in [0.15, 0.2) is 29.1 Å². The number of carbonyl (C=O) groups is 1. The van der Waals surface area contributed by atoms with Crippen molar-refractivity contribution in [2.75, 3.05) is 13.2 Å². The molecule has 0 saturated carbocycles. The number of ether oxygens (including phenoxy) is 2. The molecule has 2 heterocycles. The number of primary amides is 1. The Bertz CT molecular complexity index is 856. The largest absolute Gasteiger partial charge is 0.486 e. The number of benzene rings is 1. The van der Waals surface area contributed by atoms with Gasteiger partial charge in [0.15, 0.2) is 16.3 Å². The third-order valence-corrected chi connectivity index (χ3v) is 3.51. The van der Waals surface area contributed by atoms with E-state index in [1.54, 1.807) is 18.2 Å². The number of hydrogen-bond acceptors (Lipinski definition) is 5. The van der Waals surface area contributed by atoms with Crippen molar-refractivity contribution >= 4 is 18.1 Å². The number of nitrogens with zero attached hydrogens (tertiary/aromatic N) is 1. The highest BCUT2D eigenvalue weighted by molar-refractivity contribution is 7.71. The fourth-order valence-electron chi connectivity index (χ4n) is 2.28. The monoisotopic (exact) mass is 319 g/mol. The Kier molecular flexibility index (Phi) is 3.68. The first-order valence-corrected chi connectivity index (χ1v) is 6.98. The molecule has 0 spiro atoms. The number of H-pyrrole nitrogens is 1. The number of rotatable bonds is 3. The molecule has 1 amide bonds. The van der Waals surface area contributed by atoms with Gasteiger partial charge in [0.25, 0.3) is 5.56 Å². The Morgan fingerprint density at radius 1 is 1.27 bits per heavy atom. The third kappa shape index (κ3) is 2.73. The summed E-state index contributed by atoms with van der Waals surface area (Å²) in [5.41, 5.74) is 6.07. The number of carbonyl (C=O) groups excluding carboxylic acids is 1. The highest BCUT2D eigenvalue weighted by Gasteiger charge is 2.15. The van der Waals surface area contributed by atoms with Crippen LogP contribution in [0, 0.1) is 4.77 Å². The summed E-state index contributed by atoms with van der Waals surface area (Å²) in [6.45, 7) is 0.828. The molecule has 7 nitrogen and oxygen atoms in total. The van der Waals surface area contributed by atoms with Crippen molar-refractivity contribution in [3.63, 3.8) is 0 Å². The summed E-state index contributed by atoms with van der Waals surface area (Å²) < 4.78 is 12.6. The number of fused-ring (bicyclic) bond motifs is 1. The van der Waals surface area contributed by atoms with Crippen LogP contribution in [-0.2, 0) is 11.3 Å². The topological polar surface area (TPSA) is 99.3 Å². The Morgan fingerprint density at radius 3 is 2.73 bits per heavy atom. The minimum atomic E-state index is -0.554. The van der Waals surface area contributed by atoms with Crippen molar-refractivity contribution in [3.05, 3.63) is 39.4 Å². The summed E-state index contributed by atoms with van der Waals surface area (Å²) in [4.78, 5) is 25.4. The van der Waals surface area contributed by atoms with E-state index in [9.17, 15) is 9.59 Å². The fourth-order valence-corrected chi connectivity index (χ4v) is 2.54. The van der Waals surface area contributed by atoms with Crippen molar-refractivity contribution in [1.82, 2.24) is 9.55 Å². The second kappa shape index (κ2) is 5.64. The molecule has 1 aromatic heterocycles. The fraction of sp³-hybridized carbons (Fsp3) is 0.214. The van der Waals surface area contributed by atoms with Crippen LogP contribution in [0.25, 0.3) is 11.3 Å². The highest BCUT2D eigenvalue weighted by Crippen LogP contribution is 2.34. The predicted molar refractivity (Wildman–Crippen MR) is 81.5 cm³/mol. The summed E-state index contributed by atoms with van der Waals surface area (Å²) in [5.74, 6) is 0.669. The smallest absolute Gasteiger partial charge is 0.252 e. The summed E-state index contributed by atoms with van der Waals surface area (Å²) in [5, 5.41) is 0. The van der Waals surface area contributed by atoms with Crippen LogP contribution in [0.1, 0.15) is 0 Å². The zero-order valence-corrected chi connectivity index (χ0v) is 12.3. The molecule has 0 fully saturated rings. The molecule has 0 atom stereocenters. The second-order valence-corrected chi connectivity index (χ2v) is 5.12. The lowest BCUT2D eigenvalue weighted by atomic mass is 10.1. The van der Waals surface area contributed by atoms with Gasteiger partial charge in [0.2, 0.25) is 5.91 Å². The van der Waals surface area contributed by atoms with Gasteiger partial charge >= 0.3 is 0 Å². The van der Waals surface area contributed by atoms with Crippen LogP contribution in [0.4, 0.5) is 0 Å². The maximum Gasteiger partial charge on any atom is 0.252 e. The van der Waals surface area contributed by atoms with E-state index in [1.165, 1.54) is 10.6 Å². The van der Waals surface area contributed by atoms with Gasteiger partial charge in [0, 0.05) is 11.6 Å². The average Bonchev–Trinajstić information content (AvgIpc) is 2.49. The highest BCUT2D eigenvalue weighted by atomic mass is 32.1. The van der Waals surface area contributed by atoms with Gasteiger partial charge < -0.3 is 19.8 Å². The number of amides is 1. The molecule has 3 rings (SSSR count). The number of nitrogens with two attached hydrogens (primary N) is 1.